The van der Waals surface area contributed by atoms with Gasteiger partial charge in [0, 0.05) is 31.0 Å². The molecule has 0 aliphatic carbocycles. The van der Waals surface area contributed by atoms with Crippen molar-refractivity contribution in [2.24, 2.45) is 0 Å². The molecule has 8 nitrogen and oxygen atoms in total. The SMILES string of the molecule is CCN(CC)CCN1C(=O)C(=O)/C(=C(\O)c2ccc(OC)c(OC)c2)C1c1ccncc1. The zero-order valence-electron chi connectivity index (χ0n) is 18.9. The summed E-state index contributed by atoms with van der Waals surface area (Å²) in [4.78, 5) is 33.8. The van der Waals surface area contributed by atoms with Crippen molar-refractivity contribution in [1.82, 2.24) is 14.8 Å². The van der Waals surface area contributed by atoms with E-state index in [0.717, 1.165) is 13.1 Å². The average molecular weight is 440 g/mol. The van der Waals surface area contributed by atoms with Crippen LogP contribution in [0.2, 0.25) is 0 Å². The highest BCUT2D eigenvalue weighted by Gasteiger charge is 2.46. The molecule has 1 unspecified atom stereocenters. The molecule has 2 aromatic rings. The van der Waals surface area contributed by atoms with E-state index >= 15 is 0 Å². The first kappa shape index (κ1) is 23.3. The largest absolute Gasteiger partial charge is 0.507 e. The molecule has 3 rings (SSSR count). The van der Waals surface area contributed by atoms with E-state index in [0.29, 0.717) is 35.7 Å². The molecule has 0 saturated carbocycles. The zero-order chi connectivity index (χ0) is 23.3. The fourth-order valence-electron chi connectivity index (χ4n) is 3.93. The summed E-state index contributed by atoms with van der Waals surface area (Å²) >= 11 is 0. The molecular formula is C24H29N3O5. The average Bonchev–Trinajstić information content (AvgIpc) is 3.09. The number of carbonyl (C=O) groups excluding carboxylic acids is 2. The molecule has 32 heavy (non-hydrogen) atoms. The van der Waals surface area contributed by atoms with Crippen LogP contribution >= 0.6 is 0 Å². The number of aromatic nitrogens is 1. The molecule has 0 spiro atoms. The van der Waals surface area contributed by atoms with Gasteiger partial charge in [-0.25, -0.2) is 0 Å². The Morgan fingerprint density at radius 2 is 1.72 bits per heavy atom. The molecule has 1 saturated heterocycles. The number of hydrogen-bond donors (Lipinski definition) is 1. The van der Waals surface area contributed by atoms with Crippen molar-refractivity contribution in [3.8, 4) is 11.5 Å². The van der Waals surface area contributed by atoms with Crippen LogP contribution in [0.15, 0.2) is 48.3 Å². The van der Waals surface area contributed by atoms with E-state index in [1.807, 2.05) is 0 Å². The van der Waals surface area contributed by atoms with Crippen LogP contribution in [0.5, 0.6) is 11.5 Å². The van der Waals surface area contributed by atoms with E-state index in [-0.39, 0.29) is 11.3 Å². The summed E-state index contributed by atoms with van der Waals surface area (Å²) in [6, 6.07) is 7.66. The number of rotatable bonds is 9. The number of aliphatic hydroxyl groups excluding tert-OH is 1. The summed E-state index contributed by atoms with van der Waals surface area (Å²) in [5, 5.41) is 11.2. The molecule has 1 aliphatic rings. The second kappa shape index (κ2) is 10.3. The van der Waals surface area contributed by atoms with E-state index in [2.05, 4.69) is 23.7 Å². The Kier molecular flexibility index (Phi) is 7.48. The van der Waals surface area contributed by atoms with Crippen LogP contribution < -0.4 is 9.47 Å². The Labute approximate surface area is 188 Å². The number of likely N-dealkylation sites (tertiary alicyclic amines) is 1. The van der Waals surface area contributed by atoms with Crippen molar-refractivity contribution in [1.29, 1.82) is 0 Å². The highest BCUT2D eigenvalue weighted by molar-refractivity contribution is 6.46. The molecule has 1 fully saturated rings. The number of benzene rings is 1. The maximum Gasteiger partial charge on any atom is 0.295 e. The minimum absolute atomic E-state index is 0.0490. The van der Waals surface area contributed by atoms with Gasteiger partial charge in [0.2, 0.25) is 0 Å². The molecule has 1 aromatic heterocycles. The summed E-state index contributed by atoms with van der Waals surface area (Å²) in [7, 11) is 3.01. The Bertz CT molecular complexity index is 1000. The number of carbonyl (C=O) groups is 2. The topological polar surface area (TPSA) is 92.2 Å². The lowest BCUT2D eigenvalue weighted by molar-refractivity contribution is -0.140. The Morgan fingerprint density at radius 3 is 2.31 bits per heavy atom. The van der Waals surface area contributed by atoms with E-state index in [1.165, 1.54) is 19.1 Å². The summed E-state index contributed by atoms with van der Waals surface area (Å²) in [5.74, 6) is -0.682. The first-order chi connectivity index (χ1) is 15.5. The van der Waals surface area contributed by atoms with Gasteiger partial charge in [0.25, 0.3) is 11.7 Å². The molecule has 170 valence electrons. The number of ketones is 1. The lowest BCUT2D eigenvalue weighted by Crippen LogP contribution is -2.38. The van der Waals surface area contributed by atoms with E-state index < -0.39 is 17.7 Å². The van der Waals surface area contributed by atoms with E-state index in [1.54, 1.807) is 42.7 Å². The van der Waals surface area contributed by atoms with Crippen LogP contribution in [0.25, 0.3) is 5.76 Å². The highest BCUT2D eigenvalue weighted by atomic mass is 16.5. The van der Waals surface area contributed by atoms with E-state index in [9.17, 15) is 14.7 Å². The van der Waals surface area contributed by atoms with Crippen LogP contribution in [0.4, 0.5) is 0 Å². The number of likely N-dealkylation sites (N-methyl/N-ethyl adjacent to an activating group) is 1. The van der Waals surface area contributed by atoms with Gasteiger partial charge in [0.15, 0.2) is 11.5 Å². The number of ether oxygens (including phenoxy) is 2. The molecule has 2 heterocycles. The molecule has 1 aromatic carbocycles. The second-order valence-corrected chi connectivity index (χ2v) is 7.37. The van der Waals surface area contributed by atoms with Gasteiger partial charge in [0.1, 0.15) is 5.76 Å². The zero-order valence-corrected chi connectivity index (χ0v) is 18.9. The molecule has 1 N–H and O–H groups in total. The van der Waals surface area contributed by atoms with Gasteiger partial charge in [-0.1, -0.05) is 13.8 Å². The third-order valence-electron chi connectivity index (χ3n) is 5.77. The maximum atomic E-state index is 13.1. The Balaban J connectivity index is 2.10. The fraction of sp³-hybridized carbons (Fsp3) is 0.375. The van der Waals surface area contributed by atoms with E-state index in [4.69, 9.17) is 9.47 Å². The van der Waals surface area contributed by atoms with Crippen molar-refractivity contribution in [3.05, 3.63) is 59.4 Å². The first-order valence-corrected chi connectivity index (χ1v) is 10.6. The second-order valence-electron chi connectivity index (χ2n) is 7.37. The number of Topliss-reactive ketones (excluding diaryl/α,β-unsaturated/α-hetero) is 1. The molecule has 0 bridgehead atoms. The monoisotopic (exact) mass is 439 g/mol. The molecule has 1 amide bonds. The predicted molar refractivity (Wildman–Crippen MR) is 121 cm³/mol. The van der Waals surface area contributed by atoms with Gasteiger partial charge in [-0.05, 0) is 49.0 Å². The molecule has 1 aliphatic heterocycles. The van der Waals surface area contributed by atoms with Crippen molar-refractivity contribution < 1.29 is 24.2 Å². The molecule has 1 atom stereocenters. The highest BCUT2D eigenvalue weighted by Crippen LogP contribution is 2.40. The van der Waals surface area contributed by atoms with Gasteiger partial charge >= 0.3 is 0 Å². The number of nitrogens with zero attached hydrogens (tertiary/aromatic N) is 3. The molecule has 8 heteroatoms. The van der Waals surface area contributed by atoms with Gasteiger partial charge in [-0.2, -0.15) is 0 Å². The lowest BCUT2D eigenvalue weighted by atomic mass is 9.96. The minimum atomic E-state index is -0.710. The van der Waals surface area contributed by atoms with Crippen molar-refractivity contribution in [2.75, 3.05) is 40.4 Å². The Hall–Kier alpha value is -3.39. The normalized spacial score (nSPS) is 17.8. The van der Waals surface area contributed by atoms with Crippen molar-refractivity contribution >= 4 is 17.4 Å². The summed E-state index contributed by atoms with van der Waals surface area (Å²) < 4.78 is 10.6. The molecule has 0 radical (unpaired) electrons. The smallest absolute Gasteiger partial charge is 0.295 e. The minimum Gasteiger partial charge on any atom is -0.507 e. The standard InChI is InChI=1S/C24H29N3O5/c1-5-26(6-2)13-14-27-21(16-9-11-25-12-10-16)20(23(29)24(27)30)22(28)17-7-8-18(31-3)19(15-17)32-4/h7-12,15,21,28H,5-6,13-14H2,1-4H3/b22-20-. The van der Waals surface area contributed by atoms with Crippen molar-refractivity contribution in [3.63, 3.8) is 0 Å². The third-order valence-corrected chi connectivity index (χ3v) is 5.77. The number of methoxy groups -OCH3 is 2. The predicted octanol–water partition coefficient (Wildman–Crippen LogP) is 2.86. The van der Waals surface area contributed by atoms with Gasteiger partial charge in [0.05, 0.1) is 25.8 Å². The summed E-state index contributed by atoms with van der Waals surface area (Å²) in [6.07, 6.45) is 3.21. The number of pyridine rings is 1. The third kappa shape index (κ3) is 4.45. The van der Waals surface area contributed by atoms with Crippen LogP contribution in [0.1, 0.15) is 31.0 Å². The van der Waals surface area contributed by atoms with Gasteiger partial charge in [-0.3, -0.25) is 14.6 Å². The van der Waals surface area contributed by atoms with Crippen LogP contribution in [0, 0.1) is 0 Å². The quantitative estimate of drug-likeness (QED) is 0.365. The fourth-order valence-corrected chi connectivity index (χ4v) is 3.93. The molecular weight excluding hydrogens is 410 g/mol. The maximum absolute atomic E-state index is 13.1. The number of aliphatic hydroxyl groups is 1. The van der Waals surface area contributed by atoms with Crippen LogP contribution in [0.3, 0.4) is 0 Å². The number of hydrogen-bond acceptors (Lipinski definition) is 7. The van der Waals surface area contributed by atoms with Gasteiger partial charge in [-0.15, -0.1) is 0 Å². The summed E-state index contributed by atoms with van der Waals surface area (Å²) in [5.41, 5.74) is 1.12. The number of amides is 1. The van der Waals surface area contributed by atoms with Crippen LogP contribution in [-0.2, 0) is 9.59 Å². The lowest BCUT2D eigenvalue weighted by Gasteiger charge is -2.28. The van der Waals surface area contributed by atoms with Gasteiger partial charge < -0.3 is 24.4 Å². The first-order valence-electron chi connectivity index (χ1n) is 10.6. The Morgan fingerprint density at radius 1 is 1.06 bits per heavy atom. The summed E-state index contributed by atoms with van der Waals surface area (Å²) in [6.45, 7) is 6.77. The van der Waals surface area contributed by atoms with Crippen LogP contribution in [-0.4, -0.2) is 72.0 Å². The van der Waals surface area contributed by atoms with Crippen molar-refractivity contribution in [2.45, 2.75) is 19.9 Å².